The molecule has 1 aliphatic rings. The fraction of sp³-hybridized carbons (Fsp3) is 0.103. The molecule has 4 aromatic rings. The van der Waals surface area contributed by atoms with Crippen molar-refractivity contribution in [2.75, 3.05) is 11.9 Å². The van der Waals surface area contributed by atoms with E-state index in [2.05, 4.69) is 5.32 Å². The van der Waals surface area contributed by atoms with E-state index in [1.54, 1.807) is 13.0 Å². The van der Waals surface area contributed by atoms with Crippen LogP contribution < -0.4 is 5.32 Å². The molecule has 0 unspecified atom stereocenters. The third-order valence-corrected chi connectivity index (χ3v) is 6.22. The number of carbonyl (C=O) groups is 4. The number of nitrogens with one attached hydrogen (secondary N) is 1. The lowest BCUT2D eigenvalue weighted by Crippen LogP contribution is -2.32. The van der Waals surface area contributed by atoms with Crippen LogP contribution in [-0.4, -0.2) is 35.2 Å². The van der Waals surface area contributed by atoms with Gasteiger partial charge in [0.15, 0.2) is 6.61 Å². The van der Waals surface area contributed by atoms with Gasteiger partial charge in [-0.3, -0.25) is 19.3 Å². The predicted octanol–water partition coefficient (Wildman–Crippen LogP) is 4.99. The molecular formula is C29H22N2O5. The zero-order valence-electron chi connectivity index (χ0n) is 19.4. The van der Waals surface area contributed by atoms with E-state index in [0.717, 1.165) is 16.3 Å². The van der Waals surface area contributed by atoms with Gasteiger partial charge in [0.1, 0.15) is 0 Å². The number of amides is 3. The van der Waals surface area contributed by atoms with Crippen molar-refractivity contribution < 1.29 is 23.9 Å². The summed E-state index contributed by atoms with van der Waals surface area (Å²) in [6.07, 6.45) is 0. The molecule has 7 heteroatoms. The number of nitrogens with zero attached hydrogens (tertiary/aromatic N) is 1. The van der Waals surface area contributed by atoms with Crippen LogP contribution in [0.25, 0.3) is 10.8 Å². The molecule has 5 rings (SSSR count). The van der Waals surface area contributed by atoms with Crippen LogP contribution in [0.15, 0.2) is 91.0 Å². The number of ether oxygens (including phenoxy) is 1. The molecule has 4 aromatic carbocycles. The zero-order chi connectivity index (χ0) is 25.2. The van der Waals surface area contributed by atoms with Gasteiger partial charge in [0.2, 0.25) is 0 Å². The number of imide groups is 1. The lowest BCUT2D eigenvalue weighted by molar-refractivity contribution is -0.119. The Bertz CT molecular complexity index is 1510. The Kier molecular flexibility index (Phi) is 6.04. The minimum atomic E-state index is -0.763. The van der Waals surface area contributed by atoms with Crippen molar-refractivity contribution >= 4 is 40.2 Å². The lowest BCUT2D eigenvalue weighted by Gasteiger charge is -2.22. The van der Waals surface area contributed by atoms with Crippen molar-refractivity contribution in [3.8, 4) is 0 Å². The van der Waals surface area contributed by atoms with Crippen LogP contribution in [0.1, 0.15) is 49.6 Å². The standard InChI is InChI=1S/C29H22N2O5/c1-18(19-8-3-2-4-9-19)31-27(33)23-15-14-21(16-24(23)28(31)34)29(35)36-17-26(32)30-25-13-7-11-20-10-5-6-12-22(20)25/h2-16,18H,17H2,1H3,(H,30,32)/t18-/m0/s1. The number of anilines is 1. The molecular weight excluding hydrogens is 456 g/mol. The van der Waals surface area contributed by atoms with Gasteiger partial charge in [-0.15, -0.1) is 0 Å². The maximum absolute atomic E-state index is 13.1. The third kappa shape index (κ3) is 4.22. The van der Waals surface area contributed by atoms with Gasteiger partial charge in [0.05, 0.1) is 22.7 Å². The van der Waals surface area contributed by atoms with Crippen molar-refractivity contribution in [3.05, 3.63) is 113 Å². The van der Waals surface area contributed by atoms with Crippen LogP contribution in [0.3, 0.4) is 0 Å². The highest BCUT2D eigenvalue weighted by molar-refractivity contribution is 6.22. The van der Waals surface area contributed by atoms with E-state index >= 15 is 0 Å². The summed E-state index contributed by atoms with van der Waals surface area (Å²) in [5, 5.41) is 4.60. The molecule has 0 aliphatic carbocycles. The highest BCUT2D eigenvalue weighted by Gasteiger charge is 2.39. The van der Waals surface area contributed by atoms with Crippen LogP contribution in [-0.2, 0) is 9.53 Å². The van der Waals surface area contributed by atoms with Gasteiger partial charge in [-0.05, 0) is 42.1 Å². The summed E-state index contributed by atoms with van der Waals surface area (Å²) < 4.78 is 5.18. The van der Waals surface area contributed by atoms with E-state index in [1.807, 2.05) is 66.7 Å². The molecule has 0 spiro atoms. The third-order valence-electron chi connectivity index (χ3n) is 6.22. The summed E-state index contributed by atoms with van der Waals surface area (Å²) in [5.74, 6) is -2.15. The Hall–Kier alpha value is -4.78. The van der Waals surface area contributed by atoms with Crippen LogP contribution in [0.5, 0.6) is 0 Å². The molecule has 36 heavy (non-hydrogen) atoms. The molecule has 0 bridgehead atoms. The van der Waals surface area contributed by atoms with Crippen molar-refractivity contribution in [2.24, 2.45) is 0 Å². The second-order valence-corrected chi connectivity index (χ2v) is 8.48. The molecule has 0 saturated carbocycles. The first-order valence-electron chi connectivity index (χ1n) is 11.5. The van der Waals surface area contributed by atoms with Crippen molar-refractivity contribution in [3.63, 3.8) is 0 Å². The Balaban J connectivity index is 1.27. The molecule has 0 aromatic heterocycles. The van der Waals surface area contributed by atoms with Crippen molar-refractivity contribution in [2.45, 2.75) is 13.0 Å². The summed E-state index contributed by atoms with van der Waals surface area (Å²) in [6.45, 7) is 1.28. The smallest absolute Gasteiger partial charge is 0.338 e. The van der Waals surface area contributed by atoms with E-state index in [4.69, 9.17) is 4.74 Å². The SMILES string of the molecule is C[C@@H](c1ccccc1)N1C(=O)c2ccc(C(=O)OCC(=O)Nc3cccc4ccccc34)cc2C1=O. The summed E-state index contributed by atoms with van der Waals surface area (Å²) >= 11 is 0. The highest BCUT2D eigenvalue weighted by atomic mass is 16.5. The first-order valence-corrected chi connectivity index (χ1v) is 11.5. The van der Waals surface area contributed by atoms with Gasteiger partial charge in [0.25, 0.3) is 17.7 Å². The Labute approximate surface area is 207 Å². The molecule has 0 radical (unpaired) electrons. The molecule has 1 N–H and O–H groups in total. The maximum Gasteiger partial charge on any atom is 0.338 e. The van der Waals surface area contributed by atoms with Crippen LogP contribution in [0.4, 0.5) is 5.69 Å². The zero-order valence-corrected chi connectivity index (χ0v) is 19.4. The van der Waals surface area contributed by atoms with Gasteiger partial charge < -0.3 is 10.1 Å². The maximum atomic E-state index is 13.1. The monoisotopic (exact) mass is 478 g/mol. The van der Waals surface area contributed by atoms with Gasteiger partial charge in [0, 0.05) is 11.1 Å². The van der Waals surface area contributed by atoms with E-state index < -0.39 is 36.3 Å². The Morgan fingerprint density at radius 1 is 0.833 bits per heavy atom. The molecule has 3 amide bonds. The minimum absolute atomic E-state index is 0.0853. The van der Waals surface area contributed by atoms with E-state index in [0.29, 0.717) is 5.69 Å². The topological polar surface area (TPSA) is 92.8 Å². The first-order chi connectivity index (χ1) is 17.4. The van der Waals surface area contributed by atoms with Gasteiger partial charge in [-0.2, -0.15) is 0 Å². The predicted molar refractivity (Wildman–Crippen MR) is 135 cm³/mol. The molecule has 178 valence electrons. The summed E-state index contributed by atoms with van der Waals surface area (Å²) in [5.41, 5.74) is 1.89. The average molecular weight is 479 g/mol. The second-order valence-electron chi connectivity index (χ2n) is 8.48. The van der Waals surface area contributed by atoms with E-state index in [-0.39, 0.29) is 16.7 Å². The molecule has 1 aliphatic heterocycles. The van der Waals surface area contributed by atoms with Gasteiger partial charge in [-0.25, -0.2) is 4.79 Å². The molecule has 0 fully saturated rings. The van der Waals surface area contributed by atoms with E-state index in [1.165, 1.54) is 23.1 Å². The van der Waals surface area contributed by atoms with Crippen molar-refractivity contribution in [1.29, 1.82) is 0 Å². The fourth-order valence-electron chi connectivity index (χ4n) is 4.35. The number of fused-ring (bicyclic) bond motifs is 2. The normalized spacial score (nSPS) is 13.4. The number of rotatable bonds is 6. The number of esters is 1. The van der Waals surface area contributed by atoms with Crippen molar-refractivity contribution in [1.82, 2.24) is 4.90 Å². The highest BCUT2D eigenvalue weighted by Crippen LogP contribution is 2.32. The molecule has 0 saturated heterocycles. The number of hydrogen-bond donors (Lipinski definition) is 1. The number of benzene rings is 4. The van der Waals surface area contributed by atoms with E-state index in [9.17, 15) is 19.2 Å². The van der Waals surface area contributed by atoms with Gasteiger partial charge in [-0.1, -0.05) is 66.7 Å². The second kappa shape index (κ2) is 9.46. The minimum Gasteiger partial charge on any atom is -0.452 e. The molecule has 7 nitrogen and oxygen atoms in total. The Morgan fingerprint density at radius 3 is 2.33 bits per heavy atom. The average Bonchev–Trinajstić information content (AvgIpc) is 3.16. The quantitative estimate of drug-likeness (QED) is 0.311. The van der Waals surface area contributed by atoms with Crippen LogP contribution >= 0.6 is 0 Å². The van der Waals surface area contributed by atoms with Gasteiger partial charge >= 0.3 is 5.97 Å². The molecule has 1 heterocycles. The lowest BCUT2D eigenvalue weighted by atomic mass is 10.1. The number of hydrogen-bond acceptors (Lipinski definition) is 5. The van der Waals surface area contributed by atoms with Crippen LogP contribution in [0.2, 0.25) is 0 Å². The first kappa shape index (κ1) is 23.0. The summed E-state index contributed by atoms with van der Waals surface area (Å²) in [7, 11) is 0. The largest absolute Gasteiger partial charge is 0.452 e. The number of carbonyl (C=O) groups excluding carboxylic acids is 4. The fourth-order valence-corrected chi connectivity index (χ4v) is 4.35. The Morgan fingerprint density at radius 2 is 1.53 bits per heavy atom. The summed E-state index contributed by atoms with van der Waals surface area (Å²) in [6, 6.07) is 26.1. The molecule has 1 atom stereocenters. The summed E-state index contributed by atoms with van der Waals surface area (Å²) in [4.78, 5) is 52.2. The van der Waals surface area contributed by atoms with Crippen LogP contribution in [0, 0.1) is 0 Å².